The third kappa shape index (κ3) is 5.95. The molecular formula is C25H27B5N5O4. The van der Waals surface area contributed by atoms with Crippen LogP contribution in [0.4, 0.5) is 11.4 Å². The van der Waals surface area contributed by atoms with Gasteiger partial charge in [0.05, 0.1) is 18.3 Å². The van der Waals surface area contributed by atoms with Crippen LogP contribution in [0.25, 0.3) is 0 Å². The van der Waals surface area contributed by atoms with E-state index in [1.807, 2.05) is 59.6 Å². The number of imide groups is 2. The molecule has 5 radical (unpaired) electrons. The lowest BCUT2D eigenvalue weighted by atomic mass is 9.00. The van der Waals surface area contributed by atoms with E-state index in [1.165, 1.54) is 5.69 Å². The molecule has 14 heteroatoms. The standard InChI is InChI=1S/C25H27B5N5O4/c1-25(26-27-28-29-30-34-14-12-33(13-15-34)17-4-2-16(31)3-5-17)10-8-18-19(9-11-25)24(39)35(23(18)38)20-6-7-21(36)32-22(20)37/h2-5,8-11,20H,6-7,12-15,31H2,1H3,(H,32,36,37). The molecule has 5 rings (SSSR count). The number of nitrogens with zero attached hydrogens (tertiary/aromatic N) is 3. The second-order valence-electron chi connectivity index (χ2n) is 10.3. The Labute approximate surface area is 232 Å². The summed E-state index contributed by atoms with van der Waals surface area (Å²) in [5.74, 6) is -2.02. The molecule has 1 aliphatic carbocycles. The zero-order valence-corrected chi connectivity index (χ0v) is 21.9. The number of rotatable bonds is 8. The van der Waals surface area contributed by atoms with E-state index in [-0.39, 0.29) is 24.0 Å². The predicted molar refractivity (Wildman–Crippen MR) is 155 cm³/mol. The lowest BCUT2D eigenvalue weighted by Crippen LogP contribution is -2.54. The number of hydrogen-bond donors (Lipinski definition) is 2. The number of amides is 4. The Balaban J connectivity index is 1.06. The van der Waals surface area contributed by atoms with Crippen LogP contribution in [0.15, 0.2) is 59.7 Å². The highest BCUT2D eigenvalue weighted by Gasteiger charge is 2.45. The van der Waals surface area contributed by atoms with Gasteiger partial charge in [-0.25, -0.2) is 0 Å². The summed E-state index contributed by atoms with van der Waals surface area (Å²) >= 11 is 0. The van der Waals surface area contributed by atoms with Gasteiger partial charge in [-0.3, -0.25) is 29.4 Å². The van der Waals surface area contributed by atoms with E-state index in [0.717, 1.165) is 36.8 Å². The molecular weight excluding hydrogens is 488 g/mol. The molecule has 2 fully saturated rings. The fraction of sp³-hybridized carbons (Fsp3) is 0.360. The summed E-state index contributed by atoms with van der Waals surface area (Å²) in [5.41, 5.74) is 8.27. The predicted octanol–water partition coefficient (Wildman–Crippen LogP) is -0.738. The van der Waals surface area contributed by atoms with E-state index in [2.05, 4.69) is 34.5 Å². The van der Waals surface area contributed by atoms with Crippen LogP contribution in [-0.4, -0.2) is 101 Å². The summed E-state index contributed by atoms with van der Waals surface area (Å²) in [6.45, 7) is 5.72. The largest absolute Gasteiger partial charge is 0.399 e. The van der Waals surface area contributed by atoms with Crippen molar-refractivity contribution in [3.8, 4) is 0 Å². The van der Waals surface area contributed by atoms with E-state index >= 15 is 0 Å². The summed E-state index contributed by atoms with van der Waals surface area (Å²) in [5, 5.41) is 1.71. The zero-order valence-electron chi connectivity index (χ0n) is 21.9. The van der Waals surface area contributed by atoms with Crippen molar-refractivity contribution in [2.75, 3.05) is 36.8 Å². The maximum atomic E-state index is 13.1. The fourth-order valence-electron chi connectivity index (χ4n) is 5.12. The summed E-state index contributed by atoms with van der Waals surface area (Å²) < 4.78 is 0. The number of benzene rings is 1. The molecule has 0 saturated carbocycles. The summed E-state index contributed by atoms with van der Waals surface area (Å²) in [7, 11) is 10.0. The second kappa shape index (κ2) is 11.4. The van der Waals surface area contributed by atoms with Crippen LogP contribution in [0.3, 0.4) is 0 Å². The van der Waals surface area contributed by atoms with Gasteiger partial charge in [0.2, 0.25) is 11.8 Å². The molecule has 1 unspecified atom stereocenters. The van der Waals surface area contributed by atoms with E-state index < -0.39 is 35.0 Å². The van der Waals surface area contributed by atoms with Crippen molar-refractivity contribution in [3.63, 3.8) is 0 Å². The topological polar surface area (TPSA) is 116 Å². The van der Waals surface area contributed by atoms with E-state index in [4.69, 9.17) is 5.73 Å². The highest BCUT2D eigenvalue weighted by Crippen LogP contribution is 2.36. The van der Waals surface area contributed by atoms with Gasteiger partial charge in [-0.1, -0.05) is 31.2 Å². The average molecular weight is 516 g/mol. The van der Waals surface area contributed by atoms with Crippen molar-refractivity contribution in [1.82, 2.24) is 15.0 Å². The van der Waals surface area contributed by atoms with Crippen molar-refractivity contribution < 1.29 is 19.2 Å². The van der Waals surface area contributed by atoms with E-state index in [9.17, 15) is 19.2 Å². The third-order valence-corrected chi connectivity index (χ3v) is 7.48. The van der Waals surface area contributed by atoms with Crippen molar-refractivity contribution in [2.45, 2.75) is 31.1 Å². The first-order valence-corrected chi connectivity index (χ1v) is 13.1. The van der Waals surface area contributed by atoms with Gasteiger partial charge in [-0.05, 0) is 36.0 Å². The molecule has 3 heterocycles. The SMILES string of the molecule is CC1([B][B][B][B][B]N2CCN(c3ccc(N)cc3)CC2)C=CC2=C(C=C1)C(=O)N(C1CCC(=O)NC1=O)C2=O. The maximum absolute atomic E-state index is 13.1. The van der Waals surface area contributed by atoms with Crippen molar-refractivity contribution in [3.05, 3.63) is 59.7 Å². The van der Waals surface area contributed by atoms with Gasteiger partial charge in [-0.15, -0.1) is 0 Å². The summed E-state index contributed by atoms with van der Waals surface area (Å²) in [6.07, 6.45) is 7.28. The van der Waals surface area contributed by atoms with Crippen molar-refractivity contribution in [1.29, 1.82) is 0 Å². The minimum absolute atomic E-state index is 0.0947. The smallest absolute Gasteiger partial charge is 0.262 e. The molecule has 39 heavy (non-hydrogen) atoms. The van der Waals surface area contributed by atoms with Crippen molar-refractivity contribution in [2.24, 2.45) is 0 Å². The van der Waals surface area contributed by atoms with Gasteiger partial charge in [-0.2, -0.15) is 0 Å². The maximum Gasteiger partial charge on any atom is 0.262 e. The van der Waals surface area contributed by atoms with Crippen LogP contribution in [0.5, 0.6) is 0 Å². The Morgan fingerprint density at radius 2 is 1.54 bits per heavy atom. The average Bonchev–Trinajstić information content (AvgIpc) is 3.03. The Hall–Kier alpha value is -3.40. The van der Waals surface area contributed by atoms with E-state index in [0.29, 0.717) is 0 Å². The van der Waals surface area contributed by atoms with Crippen LogP contribution < -0.4 is 16.0 Å². The quantitative estimate of drug-likeness (QED) is 0.203. The van der Waals surface area contributed by atoms with Gasteiger partial charge in [0.15, 0.2) is 0 Å². The number of allylic oxidation sites excluding steroid dienone is 2. The highest BCUT2D eigenvalue weighted by molar-refractivity contribution is 7.53. The number of hydrogen-bond acceptors (Lipinski definition) is 7. The fourth-order valence-corrected chi connectivity index (χ4v) is 5.12. The Morgan fingerprint density at radius 3 is 2.15 bits per heavy atom. The lowest BCUT2D eigenvalue weighted by Gasteiger charge is -2.36. The van der Waals surface area contributed by atoms with Crippen LogP contribution >= 0.6 is 0 Å². The zero-order chi connectivity index (χ0) is 27.6. The molecule has 0 aromatic heterocycles. The summed E-state index contributed by atoms with van der Waals surface area (Å²) in [6, 6.07) is 7.00. The number of nitrogens with one attached hydrogen (secondary N) is 1. The number of nitrogens with two attached hydrogens (primary N) is 1. The van der Waals surface area contributed by atoms with Crippen LogP contribution in [-0.2, 0) is 19.2 Å². The molecule has 4 amide bonds. The second-order valence-corrected chi connectivity index (χ2v) is 10.3. The van der Waals surface area contributed by atoms with Gasteiger partial charge in [0.25, 0.3) is 11.8 Å². The van der Waals surface area contributed by atoms with Crippen LogP contribution in [0.2, 0.25) is 5.31 Å². The first-order chi connectivity index (χ1) is 18.7. The first kappa shape index (κ1) is 27.2. The minimum atomic E-state index is -0.968. The Bertz CT molecular complexity index is 1220. The Morgan fingerprint density at radius 1 is 0.897 bits per heavy atom. The summed E-state index contributed by atoms with van der Waals surface area (Å²) in [4.78, 5) is 55.4. The normalized spacial score (nSPS) is 22.8. The molecule has 2 saturated heterocycles. The molecule has 4 aliphatic rings. The molecule has 1 atom stereocenters. The number of carbonyl (C=O) groups is 4. The Kier molecular flexibility index (Phi) is 7.93. The molecule has 9 nitrogen and oxygen atoms in total. The van der Waals surface area contributed by atoms with Gasteiger partial charge in [0.1, 0.15) is 13.3 Å². The number of nitrogen functional groups attached to an aromatic ring is 1. The van der Waals surface area contributed by atoms with Crippen LogP contribution in [0, 0.1) is 0 Å². The minimum Gasteiger partial charge on any atom is -0.399 e. The first-order valence-electron chi connectivity index (χ1n) is 13.1. The molecule has 3 N–H and O–H groups in total. The molecule has 1 aromatic carbocycles. The molecule has 0 bridgehead atoms. The van der Waals surface area contributed by atoms with Gasteiger partial charge < -0.3 is 15.4 Å². The van der Waals surface area contributed by atoms with Crippen molar-refractivity contribution >= 4 is 70.7 Å². The molecule has 3 aliphatic heterocycles. The monoisotopic (exact) mass is 516 g/mol. The highest BCUT2D eigenvalue weighted by atomic mass is 16.2. The van der Waals surface area contributed by atoms with E-state index in [1.54, 1.807) is 12.2 Å². The van der Waals surface area contributed by atoms with Crippen LogP contribution in [0.1, 0.15) is 19.8 Å². The number of piperidine rings is 1. The molecule has 1 aromatic rings. The number of anilines is 2. The number of carbonyl (C=O) groups excluding carboxylic acids is 4. The van der Waals surface area contributed by atoms with Gasteiger partial charge >= 0.3 is 0 Å². The molecule has 0 spiro atoms. The van der Waals surface area contributed by atoms with Gasteiger partial charge in [0, 0.05) is 65.2 Å². The lowest BCUT2D eigenvalue weighted by molar-refractivity contribution is -0.149. The molecule has 191 valence electrons. The number of piperazine rings is 1. The third-order valence-electron chi connectivity index (χ3n) is 7.48.